The molecule has 1 N–H and O–H groups in total. The Balaban J connectivity index is 1.72. The van der Waals surface area contributed by atoms with Gasteiger partial charge in [0.15, 0.2) is 0 Å². The SMILES string of the molecule is CC1(C)CCCC(NCCc2ccccc2)C1. The summed E-state index contributed by atoms with van der Waals surface area (Å²) in [5.41, 5.74) is 1.98. The van der Waals surface area contributed by atoms with Crippen LogP contribution in [0.15, 0.2) is 30.3 Å². The first-order valence-electron chi connectivity index (χ1n) is 6.93. The van der Waals surface area contributed by atoms with Crippen LogP contribution in [0.25, 0.3) is 0 Å². The lowest BCUT2D eigenvalue weighted by Gasteiger charge is -2.35. The number of hydrogen-bond donors (Lipinski definition) is 1. The second-order valence-corrected chi connectivity index (χ2v) is 6.15. The lowest BCUT2D eigenvalue weighted by atomic mass is 9.75. The van der Waals surface area contributed by atoms with Gasteiger partial charge >= 0.3 is 0 Å². The zero-order valence-corrected chi connectivity index (χ0v) is 11.2. The Kier molecular flexibility index (Phi) is 4.22. The predicted molar refractivity (Wildman–Crippen MR) is 74.2 cm³/mol. The molecule has 1 atom stereocenters. The van der Waals surface area contributed by atoms with Crippen molar-refractivity contribution in [2.45, 2.75) is 52.0 Å². The van der Waals surface area contributed by atoms with Crippen LogP contribution in [0, 0.1) is 5.41 Å². The van der Waals surface area contributed by atoms with Gasteiger partial charge in [-0.2, -0.15) is 0 Å². The molecule has 94 valence electrons. The van der Waals surface area contributed by atoms with Gasteiger partial charge in [-0.05, 0) is 43.2 Å². The summed E-state index contributed by atoms with van der Waals surface area (Å²) in [4.78, 5) is 0. The Morgan fingerprint density at radius 3 is 2.71 bits per heavy atom. The standard InChI is InChI=1S/C16H25N/c1-16(2)11-6-9-15(13-16)17-12-10-14-7-4-3-5-8-14/h3-5,7-8,15,17H,6,9-13H2,1-2H3. The van der Waals surface area contributed by atoms with Crippen molar-refractivity contribution in [1.82, 2.24) is 5.32 Å². The molecule has 0 heterocycles. The highest BCUT2D eigenvalue weighted by Crippen LogP contribution is 2.34. The molecule has 1 aromatic rings. The zero-order chi connectivity index (χ0) is 12.1. The molecule has 0 saturated heterocycles. The van der Waals surface area contributed by atoms with Gasteiger partial charge in [-0.15, -0.1) is 0 Å². The largest absolute Gasteiger partial charge is 0.314 e. The van der Waals surface area contributed by atoms with Gasteiger partial charge in [0.25, 0.3) is 0 Å². The molecule has 1 aromatic carbocycles. The predicted octanol–water partition coefficient (Wildman–Crippen LogP) is 3.79. The van der Waals surface area contributed by atoms with Crippen LogP contribution in [0.2, 0.25) is 0 Å². The minimum Gasteiger partial charge on any atom is -0.314 e. The van der Waals surface area contributed by atoms with Crippen molar-refractivity contribution < 1.29 is 0 Å². The van der Waals surface area contributed by atoms with Crippen molar-refractivity contribution in [1.29, 1.82) is 0 Å². The van der Waals surface area contributed by atoms with E-state index < -0.39 is 0 Å². The number of benzene rings is 1. The van der Waals surface area contributed by atoms with Crippen molar-refractivity contribution in [2.24, 2.45) is 5.41 Å². The fourth-order valence-corrected chi connectivity index (χ4v) is 2.94. The van der Waals surface area contributed by atoms with Crippen molar-refractivity contribution in [3.8, 4) is 0 Å². The number of hydrogen-bond acceptors (Lipinski definition) is 1. The molecule has 0 spiro atoms. The van der Waals surface area contributed by atoms with Gasteiger partial charge in [0, 0.05) is 6.04 Å². The van der Waals surface area contributed by atoms with Crippen molar-refractivity contribution in [3.63, 3.8) is 0 Å². The van der Waals surface area contributed by atoms with Gasteiger partial charge in [0.1, 0.15) is 0 Å². The molecule has 0 aromatic heterocycles. The van der Waals surface area contributed by atoms with Crippen molar-refractivity contribution in [2.75, 3.05) is 6.54 Å². The number of nitrogens with one attached hydrogen (secondary N) is 1. The van der Waals surface area contributed by atoms with Gasteiger partial charge in [-0.25, -0.2) is 0 Å². The van der Waals surface area contributed by atoms with E-state index in [4.69, 9.17) is 0 Å². The molecular formula is C16H25N. The van der Waals surface area contributed by atoms with Gasteiger partial charge in [0.2, 0.25) is 0 Å². The van der Waals surface area contributed by atoms with Crippen LogP contribution in [-0.2, 0) is 6.42 Å². The van der Waals surface area contributed by atoms with Crippen LogP contribution in [-0.4, -0.2) is 12.6 Å². The Morgan fingerprint density at radius 1 is 1.24 bits per heavy atom. The monoisotopic (exact) mass is 231 g/mol. The third kappa shape index (κ3) is 4.16. The molecule has 1 heteroatoms. The molecular weight excluding hydrogens is 206 g/mol. The molecule has 17 heavy (non-hydrogen) atoms. The highest BCUT2D eigenvalue weighted by molar-refractivity contribution is 5.14. The maximum Gasteiger partial charge on any atom is 0.00722 e. The normalized spacial score (nSPS) is 23.5. The second-order valence-electron chi connectivity index (χ2n) is 6.15. The summed E-state index contributed by atoms with van der Waals surface area (Å²) in [5, 5.41) is 3.73. The molecule has 1 aliphatic carbocycles. The summed E-state index contributed by atoms with van der Waals surface area (Å²) in [6.45, 7) is 5.92. The highest BCUT2D eigenvalue weighted by Gasteiger charge is 2.27. The third-order valence-electron chi connectivity index (χ3n) is 3.89. The van der Waals surface area contributed by atoms with E-state index >= 15 is 0 Å². The second kappa shape index (κ2) is 5.68. The average Bonchev–Trinajstić information content (AvgIpc) is 2.29. The van der Waals surface area contributed by atoms with Crippen LogP contribution in [0.5, 0.6) is 0 Å². The summed E-state index contributed by atoms with van der Waals surface area (Å²) < 4.78 is 0. The quantitative estimate of drug-likeness (QED) is 0.831. The van der Waals surface area contributed by atoms with E-state index in [1.165, 1.54) is 31.2 Å². The summed E-state index contributed by atoms with van der Waals surface area (Å²) >= 11 is 0. The molecule has 2 rings (SSSR count). The lowest BCUT2D eigenvalue weighted by molar-refractivity contribution is 0.199. The van der Waals surface area contributed by atoms with E-state index in [2.05, 4.69) is 49.5 Å². The highest BCUT2D eigenvalue weighted by atomic mass is 14.9. The molecule has 1 saturated carbocycles. The maximum atomic E-state index is 3.73. The lowest BCUT2D eigenvalue weighted by Crippen LogP contribution is -2.38. The van der Waals surface area contributed by atoms with E-state index in [0.29, 0.717) is 5.41 Å². The Hall–Kier alpha value is -0.820. The average molecular weight is 231 g/mol. The Labute approximate surface area is 106 Å². The van der Waals surface area contributed by atoms with Crippen LogP contribution >= 0.6 is 0 Å². The molecule has 1 nitrogen and oxygen atoms in total. The minimum absolute atomic E-state index is 0.544. The first kappa shape index (κ1) is 12.6. The molecule has 0 radical (unpaired) electrons. The number of rotatable bonds is 4. The minimum atomic E-state index is 0.544. The van der Waals surface area contributed by atoms with Gasteiger partial charge in [-0.1, -0.05) is 50.6 Å². The molecule has 1 fully saturated rings. The molecule has 0 bridgehead atoms. The zero-order valence-electron chi connectivity index (χ0n) is 11.2. The summed E-state index contributed by atoms with van der Waals surface area (Å²) in [6, 6.07) is 11.5. The van der Waals surface area contributed by atoms with E-state index in [0.717, 1.165) is 19.0 Å². The fraction of sp³-hybridized carbons (Fsp3) is 0.625. The van der Waals surface area contributed by atoms with Crippen LogP contribution in [0.3, 0.4) is 0 Å². The summed E-state index contributed by atoms with van der Waals surface area (Å²) in [5.74, 6) is 0. The molecule has 1 unspecified atom stereocenters. The van der Waals surface area contributed by atoms with Gasteiger partial charge in [-0.3, -0.25) is 0 Å². The van der Waals surface area contributed by atoms with E-state index in [1.54, 1.807) is 0 Å². The topological polar surface area (TPSA) is 12.0 Å². The smallest absolute Gasteiger partial charge is 0.00722 e. The molecule has 0 aliphatic heterocycles. The first-order valence-corrected chi connectivity index (χ1v) is 6.93. The molecule has 1 aliphatic rings. The summed E-state index contributed by atoms with van der Waals surface area (Å²) in [7, 11) is 0. The van der Waals surface area contributed by atoms with E-state index in [-0.39, 0.29) is 0 Å². The van der Waals surface area contributed by atoms with E-state index in [9.17, 15) is 0 Å². The maximum absolute atomic E-state index is 3.73. The van der Waals surface area contributed by atoms with E-state index in [1.807, 2.05) is 0 Å². The fourth-order valence-electron chi connectivity index (χ4n) is 2.94. The summed E-state index contributed by atoms with van der Waals surface area (Å²) in [6.07, 6.45) is 6.62. The molecule has 0 amide bonds. The first-order chi connectivity index (χ1) is 8.16. The van der Waals surface area contributed by atoms with Gasteiger partial charge in [0.05, 0.1) is 0 Å². The van der Waals surface area contributed by atoms with Gasteiger partial charge < -0.3 is 5.32 Å². The van der Waals surface area contributed by atoms with Crippen LogP contribution in [0.4, 0.5) is 0 Å². The van der Waals surface area contributed by atoms with Crippen LogP contribution in [0.1, 0.15) is 45.1 Å². The Morgan fingerprint density at radius 2 is 2.00 bits per heavy atom. The van der Waals surface area contributed by atoms with Crippen molar-refractivity contribution >= 4 is 0 Å². The third-order valence-corrected chi connectivity index (χ3v) is 3.89. The van der Waals surface area contributed by atoms with Crippen LogP contribution < -0.4 is 5.32 Å². The Bertz CT molecular complexity index is 329. The van der Waals surface area contributed by atoms with Crippen molar-refractivity contribution in [3.05, 3.63) is 35.9 Å².